The second kappa shape index (κ2) is 4.13. The van der Waals surface area contributed by atoms with Gasteiger partial charge in [0.15, 0.2) is 0 Å². The van der Waals surface area contributed by atoms with Crippen molar-refractivity contribution in [1.29, 1.82) is 0 Å². The Morgan fingerprint density at radius 2 is 2.21 bits per heavy atom. The second-order valence-corrected chi connectivity index (χ2v) is 6.91. The summed E-state index contributed by atoms with van der Waals surface area (Å²) in [5.41, 5.74) is 1.32. The van der Waals surface area contributed by atoms with Crippen LogP contribution in [0.4, 0.5) is 0 Å². The van der Waals surface area contributed by atoms with Crippen molar-refractivity contribution < 1.29 is 4.74 Å². The van der Waals surface area contributed by atoms with Crippen LogP contribution in [0.25, 0.3) is 0 Å². The van der Waals surface area contributed by atoms with Gasteiger partial charge in [0.1, 0.15) is 11.4 Å². The summed E-state index contributed by atoms with van der Waals surface area (Å²) in [5, 5.41) is 4.26. The van der Waals surface area contributed by atoms with E-state index in [1.54, 1.807) is 0 Å². The molecule has 0 aromatic heterocycles. The normalized spacial score (nSPS) is 39.4. The molecule has 1 aromatic carbocycles. The summed E-state index contributed by atoms with van der Waals surface area (Å²) in [4.78, 5) is 0. The van der Waals surface area contributed by atoms with Crippen LogP contribution in [0.15, 0.2) is 18.2 Å². The number of hydrogen-bond acceptors (Lipinski definition) is 2. The fraction of sp³-hybridized carbons (Fsp3) is 0.625. The number of rotatable bonds is 1. The lowest BCUT2D eigenvalue weighted by atomic mass is 9.76. The van der Waals surface area contributed by atoms with Gasteiger partial charge in [0.05, 0.1) is 0 Å². The summed E-state index contributed by atoms with van der Waals surface area (Å²) >= 11 is 6.13. The molecule has 102 valence electrons. The van der Waals surface area contributed by atoms with Crippen LogP contribution in [0.2, 0.25) is 5.02 Å². The van der Waals surface area contributed by atoms with Crippen LogP contribution in [0, 0.1) is 11.8 Å². The van der Waals surface area contributed by atoms with Gasteiger partial charge in [0, 0.05) is 23.0 Å². The number of benzene rings is 1. The molecular formula is C16H20ClNO. The molecule has 0 radical (unpaired) electrons. The molecule has 2 aliphatic carbocycles. The van der Waals surface area contributed by atoms with E-state index in [-0.39, 0.29) is 5.60 Å². The molecule has 19 heavy (non-hydrogen) atoms. The van der Waals surface area contributed by atoms with Crippen LogP contribution in [0.1, 0.15) is 43.7 Å². The summed E-state index contributed by atoms with van der Waals surface area (Å²) in [5.74, 6) is 2.70. The molecule has 1 aromatic rings. The molecular weight excluding hydrogens is 258 g/mol. The van der Waals surface area contributed by atoms with Crippen LogP contribution >= 0.6 is 11.6 Å². The standard InChI is InChI=1S/C16H20ClNO/c1-18-14-9-16(8-10-2-3-11(16)6-10)19-15-5-4-12(17)7-13(14)15/h4-5,7,10-11,14,18H,2-3,6,8-9H2,1H3. The highest BCUT2D eigenvalue weighted by Gasteiger charge is 2.55. The minimum Gasteiger partial charge on any atom is -0.487 e. The van der Waals surface area contributed by atoms with E-state index in [4.69, 9.17) is 16.3 Å². The fourth-order valence-corrected chi connectivity index (χ4v) is 4.81. The maximum Gasteiger partial charge on any atom is 0.125 e. The maximum absolute atomic E-state index is 6.50. The lowest BCUT2D eigenvalue weighted by Crippen LogP contribution is -2.47. The van der Waals surface area contributed by atoms with E-state index in [1.807, 2.05) is 13.1 Å². The monoisotopic (exact) mass is 277 g/mol. The third kappa shape index (κ3) is 1.73. The van der Waals surface area contributed by atoms with Crippen molar-refractivity contribution in [3.63, 3.8) is 0 Å². The molecule has 2 saturated carbocycles. The van der Waals surface area contributed by atoms with Gasteiger partial charge in [-0.1, -0.05) is 11.6 Å². The molecule has 0 saturated heterocycles. The van der Waals surface area contributed by atoms with Crippen LogP contribution in [-0.4, -0.2) is 12.6 Å². The Morgan fingerprint density at radius 1 is 1.32 bits per heavy atom. The van der Waals surface area contributed by atoms with E-state index in [9.17, 15) is 0 Å². The molecule has 2 fully saturated rings. The average molecular weight is 278 g/mol. The van der Waals surface area contributed by atoms with Crippen LogP contribution in [0.3, 0.4) is 0 Å². The van der Waals surface area contributed by atoms with E-state index in [0.29, 0.717) is 6.04 Å². The molecule has 2 bridgehead atoms. The van der Waals surface area contributed by atoms with E-state index in [1.165, 1.54) is 31.2 Å². The summed E-state index contributed by atoms with van der Waals surface area (Å²) in [6, 6.07) is 6.42. The van der Waals surface area contributed by atoms with Gasteiger partial charge in [-0.2, -0.15) is 0 Å². The van der Waals surface area contributed by atoms with Crippen molar-refractivity contribution in [3.05, 3.63) is 28.8 Å². The second-order valence-electron chi connectivity index (χ2n) is 6.47. The third-order valence-corrected chi connectivity index (χ3v) is 5.71. The number of ether oxygens (including phenoxy) is 1. The van der Waals surface area contributed by atoms with Gasteiger partial charge in [-0.3, -0.25) is 0 Å². The lowest BCUT2D eigenvalue weighted by Gasteiger charge is -2.45. The van der Waals surface area contributed by atoms with E-state index >= 15 is 0 Å². The van der Waals surface area contributed by atoms with Crippen molar-refractivity contribution in [2.75, 3.05) is 7.05 Å². The molecule has 1 N–H and O–H groups in total. The molecule has 1 spiro atoms. The zero-order valence-electron chi connectivity index (χ0n) is 11.3. The first-order valence-electron chi connectivity index (χ1n) is 7.36. The average Bonchev–Trinajstić information content (AvgIpc) is 2.99. The van der Waals surface area contributed by atoms with Crippen molar-refractivity contribution in [2.45, 2.75) is 43.7 Å². The molecule has 4 atom stereocenters. The number of halogens is 1. The maximum atomic E-state index is 6.50. The zero-order valence-corrected chi connectivity index (χ0v) is 12.0. The van der Waals surface area contributed by atoms with Gasteiger partial charge in [0.25, 0.3) is 0 Å². The first-order valence-corrected chi connectivity index (χ1v) is 7.74. The van der Waals surface area contributed by atoms with E-state index in [0.717, 1.165) is 29.0 Å². The third-order valence-electron chi connectivity index (χ3n) is 5.48. The Bertz CT molecular complexity index is 517. The Hall–Kier alpha value is -0.730. The Balaban J connectivity index is 1.75. The minimum atomic E-state index is 0.0947. The largest absolute Gasteiger partial charge is 0.487 e. The van der Waals surface area contributed by atoms with Gasteiger partial charge in [-0.25, -0.2) is 0 Å². The zero-order chi connectivity index (χ0) is 13.0. The predicted octanol–water partition coefficient (Wildman–Crippen LogP) is 3.94. The van der Waals surface area contributed by atoms with Gasteiger partial charge < -0.3 is 10.1 Å². The summed E-state index contributed by atoms with van der Waals surface area (Å²) < 4.78 is 6.50. The molecule has 1 heterocycles. The smallest absolute Gasteiger partial charge is 0.125 e. The number of hydrogen-bond donors (Lipinski definition) is 1. The minimum absolute atomic E-state index is 0.0947. The van der Waals surface area contributed by atoms with Crippen molar-refractivity contribution in [3.8, 4) is 5.75 Å². The Labute approximate surface area is 119 Å². The van der Waals surface area contributed by atoms with Gasteiger partial charge >= 0.3 is 0 Å². The number of nitrogens with one attached hydrogen (secondary N) is 1. The molecule has 2 nitrogen and oxygen atoms in total. The summed E-state index contributed by atoms with van der Waals surface area (Å²) in [6.07, 6.45) is 6.48. The lowest BCUT2D eigenvalue weighted by molar-refractivity contribution is -0.0175. The summed E-state index contributed by atoms with van der Waals surface area (Å²) in [6.45, 7) is 0. The highest BCUT2D eigenvalue weighted by molar-refractivity contribution is 6.30. The van der Waals surface area contributed by atoms with Crippen LogP contribution in [0.5, 0.6) is 5.75 Å². The van der Waals surface area contributed by atoms with E-state index < -0.39 is 0 Å². The Morgan fingerprint density at radius 3 is 2.89 bits per heavy atom. The quantitative estimate of drug-likeness (QED) is 0.839. The van der Waals surface area contributed by atoms with Crippen molar-refractivity contribution in [1.82, 2.24) is 5.32 Å². The van der Waals surface area contributed by atoms with Gasteiger partial charge in [-0.05, 0) is 62.8 Å². The van der Waals surface area contributed by atoms with Crippen LogP contribution < -0.4 is 10.1 Å². The van der Waals surface area contributed by atoms with Crippen molar-refractivity contribution in [2.24, 2.45) is 11.8 Å². The van der Waals surface area contributed by atoms with E-state index in [2.05, 4.69) is 17.4 Å². The first kappa shape index (κ1) is 12.0. The predicted molar refractivity (Wildman–Crippen MR) is 76.7 cm³/mol. The first-order chi connectivity index (χ1) is 9.20. The fourth-order valence-electron chi connectivity index (χ4n) is 4.63. The van der Waals surface area contributed by atoms with Gasteiger partial charge in [0.2, 0.25) is 0 Å². The van der Waals surface area contributed by atoms with Crippen LogP contribution in [-0.2, 0) is 0 Å². The molecule has 4 rings (SSSR count). The highest BCUT2D eigenvalue weighted by Crippen LogP contribution is 2.58. The van der Waals surface area contributed by atoms with Crippen molar-refractivity contribution >= 4 is 11.6 Å². The highest BCUT2D eigenvalue weighted by atomic mass is 35.5. The topological polar surface area (TPSA) is 21.3 Å². The molecule has 3 aliphatic rings. The SMILES string of the molecule is CNC1CC2(CC3CCC2C3)Oc2ccc(Cl)cc21. The molecule has 4 unspecified atom stereocenters. The molecule has 1 aliphatic heterocycles. The molecule has 3 heteroatoms. The Kier molecular flexibility index (Phi) is 2.62. The molecule has 0 amide bonds. The summed E-state index contributed by atoms with van der Waals surface area (Å²) in [7, 11) is 2.04. The number of fused-ring (bicyclic) bond motifs is 4. The van der Waals surface area contributed by atoms with Gasteiger partial charge in [-0.15, -0.1) is 0 Å².